The van der Waals surface area contributed by atoms with Gasteiger partial charge < -0.3 is 5.11 Å². The molecule has 0 bridgehead atoms. The minimum atomic E-state index is -0.874. The maximum Gasteiger partial charge on any atom is 0.162 e. The molecule has 1 aromatic rings. The Morgan fingerprint density at radius 2 is 2.07 bits per heavy atom. The summed E-state index contributed by atoms with van der Waals surface area (Å²) in [6.45, 7) is 0.960. The molecular formula is C11H10F2O2. The number of halogens is 2. The van der Waals surface area contributed by atoms with E-state index in [4.69, 9.17) is 5.11 Å². The van der Waals surface area contributed by atoms with Gasteiger partial charge in [0.1, 0.15) is 11.6 Å². The highest BCUT2D eigenvalue weighted by atomic mass is 19.1. The number of rotatable bonds is 3. The van der Waals surface area contributed by atoms with Gasteiger partial charge in [-0.05, 0) is 13.0 Å². The molecule has 0 atom stereocenters. The van der Waals surface area contributed by atoms with E-state index < -0.39 is 17.4 Å². The molecule has 1 N–H and O–H groups in total. The zero-order valence-corrected chi connectivity index (χ0v) is 8.13. The van der Waals surface area contributed by atoms with E-state index in [0.29, 0.717) is 6.07 Å². The summed E-state index contributed by atoms with van der Waals surface area (Å²) in [6.07, 6.45) is 2.60. The van der Waals surface area contributed by atoms with Gasteiger partial charge in [-0.15, -0.1) is 0 Å². The lowest BCUT2D eigenvalue weighted by Gasteiger charge is -2.02. The number of hydrogen-bond donors (Lipinski definition) is 1. The number of ketones is 1. The summed E-state index contributed by atoms with van der Waals surface area (Å²) < 4.78 is 26.2. The number of aliphatic hydroxyl groups is 1. The van der Waals surface area contributed by atoms with Crippen molar-refractivity contribution in [2.45, 2.75) is 6.92 Å². The highest BCUT2D eigenvalue weighted by molar-refractivity contribution is 5.94. The van der Waals surface area contributed by atoms with Gasteiger partial charge in [0.15, 0.2) is 5.78 Å². The van der Waals surface area contributed by atoms with E-state index in [-0.39, 0.29) is 17.7 Å². The summed E-state index contributed by atoms with van der Waals surface area (Å²) in [7, 11) is 0. The maximum atomic E-state index is 13.1. The molecule has 0 saturated heterocycles. The lowest BCUT2D eigenvalue weighted by molar-refractivity contribution is 0.101. The third-order valence-corrected chi connectivity index (χ3v) is 1.87. The molecule has 15 heavy (non-hydrogen) atoms. The molecule has 0 amide bonds. The van der Waals surface area contributed by atoms with Gasteiger partial charge in [-0.2, -0.15) is 0 Å². The monoisotopic (exact) mass is 212 g/mol. The molecule has 1 aromatic carbocycles. The Kier molecular flexibility index (Phi) is 3.68. The number of Topliss-reactive ketones (excluding diaryl/α,β-unsaturated/α-hetero) is 1. The summed E-state index contributed by atoms with van der Waals surface area (Å²) in [5.41, 5.74) is -0.0790. The van der Waals surface area contributed by atoms with Crippen molar-refractivity contribution in [3.8, 4) is 0 Å². The molecule has 0 aliphatic heterocycles. The van der Waals surface area contributed by atoms with Gasteiger partial charge in [0.2, 0.25) is 0 Å². The number of benzene rings is 1. The topological polar surface area (TPSA) is 37.3 Å². The average Bonchev–Trinajstić information content (AvgIpc) is 2.16. The van der Waals surface area contributed by atoms with Crippen LogP contribution in [0.15, 0.2) is 18.2 Å². The fourth-order valence-corrected chi connectivity index (χ4v) is 1.14. The first-order valence-corrected chi connectivity index (χ1v) is 4.33. The minimum absolute atomic E-state index is 0.0793. The molecule has 0 unspecified atom stereocenters. The number of carbonyl (C=O) groups excluding carboxylic acids is 1. The van der Waals surface area contributed by atoms with E-state index in [9.17, 15) is 13.6 Å². The Morgan fingerprint density at radius 1 is 1.40 bits per heavy atom. The average molecular weight is 212 g/mol. The van der Waals surface area contributed by atoms with Crippen LogP contribution in [0.2, 0.25) is 0 Å². The van der Waals surface area contributed by atoms with Crippen LogP contribution in [0.4, 0.5) is 8.78 Å². The normalized spacial score (nSPS) is 10.9. The maximum absolute atomic E-state index is 13.1. The standard InChI is InChI=1S/C11H10F2O2/c1-7(15)9-5-8(3-2-4-14)10(12)6-11(9)13/h2-3,5-6,14H,4H2,1H3. The fourth-order valence-electron chi connectivity index (χ4n) is 1.14. The van der Waals surface area contributed by atoms with Crippen LogP contribution in [0.1, 0.15) is 22.8 Å². The molecule has 0 fully saturated rings. The molecule has 0 aliphatic rings. The van der Waals surface area contributed by atoms with E-state index >= 15 is 0 Å². The van der Waals surface area contributed by atoms with Crippen LogP contribution in [0.3, 0.4) is 0 Å². The molecule has 0 spiro atoms. The molecule has 0 aromatic heterocycles. The first kappa shape index (κ1) is 11.5. The second-order valence-electron chi connectivity index (χ2n) is 2.99. The Hall–Kier alpha value is -1.55. The smallest absolute Gasteiger partial charge is 0.162 e. The molecule has 4 heteroatoms. The fraction of sp³-hybridized carbons (Fsp3) is 0.182. The molecule has 80 valence electrons. The summed E-state index contributed by atoms with van der Waals surface area (Å²) >= 11 is 0. The van der Waals surface area contributed by atoms with Crippen molar-refractivity contribution < 1.29 is 18.7 Å². The van der Waals surface area contributed by atoms with Gasteiger partial charge in [-0.1, -0.05) is 12.2 Å². The first-order valence-electron chi connectivity index (χ1n) is 4.33. The van der Waals surface area contributed by atoms with Crippen molar-refractivity contribution >= 4 is 11.9 Å². The van der Waals surface area contributed by atoms with Crippen molar-refractivity contribution in [2.75, 3.05) is 6.61 Å². The number of aliphatic hydroxyl groups excluding tert-OH is 1. The lowest BCUT2D eigenvalue weighted by Crippen LogP contribution is -1.99. The van der Waals surface area contributed by atoms with Crippen LogP contribution < -0.4 is 0 Å². The Balaban J connectivity index is 3.23. The van der Waals surface area contributed by atoms with Crippen molar-refractivity contribution in [3.63, 3.8) is 0 Å². The summed E-state index contributed by atoms with van der Waals surface area (Å²) in [5.74, 6) is -2.10. The Morgan fingerprint density at radius 3 is 2.60 bits per heavy atom. The Bertz CT molecular complexity index is 411. The lowest BCUT2D eigenvalue weighted by atomic mass is 10.1. The summed E-state index contributed by atoms with van der Waals surface area (Å²) in [6, 6.07) is 1.78. The van der Waals surface area contributed by atoms with E-state index in [2.05, 4.69) is 0 Å². The number of hydrogen-bond acceptors (Lipinski definition) is 2. The van der Waals surface area contributed by atoms with Gasteiger partial charge in [0.05, 0.1) is 12.2 Å². The predicted molar refractivity (Wildman–Crippen MR) is 52.5 cm³/mol. The van der Waals surface area contributed by atoms with Crippen molar-refractivity contribution in [2.24, 2.45) is 0 Å². The minimum Gasteiger partial charge on any atom is -0.392 e. The second-order valence-corrected chi connectivity index (χ2v) is 2.99. The van der Waals surface area contributed by atoms with Gasteiger partial charge in [0, 0.05) is 11.6 Å². The molecule has 0 aliphatic carbocycles. The van der Waals surface area contributed by atoms with Gasteiger partial charge >= 0.3 is 0 Å². The summed E-state index contributed by atoms with van der Waals surface area (Å²) in [4.78, 5) is 11.0. The third kappa shape index (κ3) is 2.70. The molecule has 1 rings (SSSR count). The highest BCUT2D eigenvalue weighted by Gasteiger charge is 2.11. The molecule has 0 radical (unpaired) electrons. The van der Waals surface area contributed by atoms with Gasteiger partial charge in [0.25, 0.3) is 0 Å². The van der Waals surface area contributed by atoms with Gasteiger partial charge in [-0.25, -0.2) is 8.78 Å². The highest BCUT2D eigenvalue weighted by Crippen LogP contribution is 2.16. The van der Waals surface area contributed by atoms with E-state index in [1.54, 1.807) is 0 Å². The second kappa shape index (κ2) is 4.79. The van der Waals surface area contributed by atoms with E-state index in [1.807, 2.05) is 0 Å². The third-order valence-electron chi connectivity index (χ3n) is 1.87. The summed E-state index contributed by atoms with van der Waals surface area (Å²) in [5, 5.41) is 8.50. The van der Waals surface area contributed by atoms with Crippen LogP contribution in [-0.2, 0) is 0 Å². The van der Waals surface area contributed by atoms with Crippen LogP contribution in [0, 0.1) is 11.6 Å². The van der Waals surface area contributed by atoms with Crippen LogP contribution >= 0.6 is 0 Å². The van der Waals surface area contributed by atoms with Crippen LogP contribution in [0.25, 0.3) is 6.08 Å². The van der Waals surface area contributed by atoms with Crippen molar-refractivity contribution in [3.05, 3.63) is 41.0 Å². The quantitative estimate of drug-likeness (QED) is 0.779. The van der Waals surface area contributed by atoms with E-state index in [1.165, 1.54) is 19.1 Å². The van der Waals surface area contributed by atoms with Crippen LogP contribution in [0.5, 0.6) is 0 Å². The first-order chi connectivity index (χ1) is 7.06. The SMILES string of the molecule is CC(=O)c1cc(C=CCO)c(F)cc1F. The number of carbonyl (C=O) groups is 1. The molecule has 0 saturated carbocycles. The zero-order valence-electron chi connectivity index (χ0n) is 8.13. The van der Waals surface area contributed by atoms with Crippen molar-refractivity contribution in [1.29, 1.82) is 0 Å². The molecule has 0 heterocycles. The zero-order chi connectivity index (χ0) is 11.4. The van der Waals surface area contributed by atoms with Crippen molar-refractivity contribution in [1.82, 2.24) is 0 Å². The van der Waals surface area contributed by atoms with Gasteiger partial charge in [-0.3, -0.25) is 4.79 Å². The molecular weight excluding hydrogens is 202 g/mol. The molecule has 2 nitrogen and oxygen atoms in total. The Labute approximate surface area is 85.9 Å². The predicted octanol–water partition coefficient (Wildman–Crippen LogP) is 2.17. The largest absolute Gasteiger partial charge is 0.392 e. The van der Waals surface area contributed by atoms with Crippen LogP contribution in [-0.4, -0.2) is 17.5 Å². The van der Waals surface area contributed by atoms with E-state index in [0.717, 1.165) is 6.07 Å².